The lowest BCUT2D eigenvalue weighted by molar-refractivity contribution is -0.145. The Hall–Kier alpha value is -2.74. The first-order valence-corrected chi connectivity index (χ1v) is 6.46. The third-order valence-electron chi connectivity index (χ3n) is 2.97. The van der Waals surface area contributed by atoms with Gasteiger partial charge in [0.1, 0.15) is 5.75 Å². The largest absolute Gasteiger partial charge is 0.478 e. The summed E-state index contributed by atoms with van der Waals surface area (Å²) >= 11 is 0. The molecule has 2 aromatic carbocycles. The fraction of sp³-hybridized carbons (Fsp3) is 0.125. The van der Waals surface area contributed by atoms with Crippen LogP contribution in [0.5, 0.6) is 5.75 Å². The monoisotopic (exact) mass is 320 g/mol. The summed E-state index contributed by atoms with van der Waals surface area (Å²) in [5.41, 5.74) is 1.17. The zero-order chi connectivity index (χ0) is 16.1. The van der Waals surface area contributed by atoms with Crippen LogP contribution in [0.2, 0.25) is 0 Å². The van der Waals surface area contributed by atoms with Gasteiger partial charge >= 0.3 is 11.9 Å². The average Bonchev–Trinajstić information content (AvgIpc) is 2.54. The molecule has 1 unspecified atom stereocenters. The van der Waals surface area contributed by atoms with Crippen LogP contribution in [0.3, 0.4) is 0 Å². The second kappa shape index (κ2) is 8.04. The summed E-state index contributed by atoms with van der Waals surface area (Å²) in [7, 11) is 0. The molecule has 0 bridgehead atoms. The van der Waals surface area contributed by atoms with Crippen LogP contribution in [-0.2, 0) is 4.79 Å². The Balaban J connectivity index is 0.00000264. The van der Waals surface area contributed by atoms with Crippen LogP contribution in [-0.4, -0.2) is 45.4 Å². The van der Waals surface area contributed by atoms with Gasteiger partial charge in [0.25, 0.3) is 0 Å². The Kier molecular flexibility index (Phi) is 6.40. The van der Waals surface area contributed by atoms with Gasteiger partial charge in [-0.25, -0.2) is 9.59 Å². The zero-order valence-corrected chi connectivity index (χ0v) is 12.0. The molecule has 0 radical (unpaired) electrons. The lowest BCUT2D eigenvalue weighted by Crippen LogP contribution is -2.29. The molecule has 0 aliphatic heterocycles. The molecule has 0 saturated heterocycles. The number of benzene rings is 2. The van der Waals surface area contributed by atoms with Gasteiger partial charge < -0.3 is 25.5 Å². The van der Waals surface area contributed by atoms with Crippen molar-refractivity contribution in [2.45, 2.75) is 6.10 Å². The van der Waals surface area contributed by atoms with Crippen LogP contribution < -0.4 is 4.74 Å². The van der Waals surface area contributed by atoms with Crippen molar-refractivity contribution in [3.63, 3.8) is 0 Å². The standard InChI is InChI=1S/C16H14O6.H2O/c17-9-13(18)16(21)22-14-8-11(15(19)20)6-7-12(14)10-4-2-1-3-5-10;/h1-8,13,17-18H,9H2,(H,19,20);1H2. The molecule has 1 atom stereocenters. The molecule has 0 saturated carbocycles. The Bertz CT molecular complexity index is 682. The van der Waals surface area contributed by atoms with Gasteiger partial charge in [-0.2, -0.15) is 0 Å². The van der Waals surface area contributed by atoms with Crippen LogP contribution >= 0.6 is 0 Å². The molecule has 7 heteroatoms. The van der Waals surface area contributed by atoms with Crippen molar-refractivity contribution in [1.29, 1.82) is 0 Å². The van der Waals surface area contributed by atoms with E-state index in [4.69, 9.17) is 14.9 Å². The molecule has 2 rings (SSSR count). The molecule has 122 valence electrons. The molecule has 5 N–H and O–H groups in total. The van der Waals surface area contributed by atoms with E-state index in [1.807, 2.05) is 6.07 Å². The van der Waals surface area contributed by atoms with Gasteiger partial charge in [-0.15, -0.1) is 0 Å². The summed E-state index contributed by atoms with van der Waals surface area (Å²) in [6, 6.07) is 13.1. The molecule has 0 fully saturated rings. The predicted molar refractivity (Wildman–Crippen MR) is 81.2 cm³/mol. The maximum absolute atomic E-state index is 11.6. The highest BCUT2D eigenvalue weighted by Crippen LogP contribution is 2.31. The second-order valence-corrected chi connectivity index (χ2v) is 4.50. The van der Waals surface area contributed by atoms with Gasteiger partial charge in [0.2, 0.25) is 0 Å². The SMILES string of the molecule is O.O=C(O)c1ccc(-c2ccccc2)c(OC(=O)C(O)CO)c1. The molecule has 7 nitrogen and oxygen atoms in total. The van der Waals surface area contributed by atoms with Gasteiger partial charge in [-0.1, -0.05) is 30.3 Å². The minimum Gasteiger partial charge on any atom is -0.478 e. The fourth-order valence-electron chi connectivity index (χ4n) is 1.85. The summed E-state index contributed by atoms with van der Waals surface area (Å²) in [5, 5.41) is 27.1. The van der Waals surface area contributed by atoms with Crippen molar-refractivity contribution < 1.29 is 35.1 Å². The van der Waals surface area contributed by atoms with Crippen LogP contribution in [0.4, 0.5) is 0 Å². The number of hydrogen-bond donors (Lipinski definition) is 3. The van der Waals surface area contributed by atoms with E-state index < -0.39 is 24.6 Å². The van der Waals surface area contributed by atoms with Crippen molar-refractivity contribution in [1.82, 2.24) is 0 Å². The smallest absolute Gasteiger partial charge is 0.342 e. The Morgan fingerprint density at radius 2 is 1.74 bits per heavy atom. The van der Waals surface area contributed by atoms with Crippen LogP contribution in [0, 0.1) is 0 Å². The third-order valence-corrected chi connectivity index (χ3v) is 2.97. The number of aliphatic hydroxyl groups excluding tert-OH is 2. The first-order valence-electron chi connectivity index (χ1n) is 6.46. The average molecular weight is 320 g/mol. The first-order chi connectivity index (χ1) is 10.5. The van der Waals surface area contributed by atoms with Gasteiger partial charge in [0.15, 0.2) is 6.10 Å². The normalized spacial score (nSPS) is 11.2. The Morgan fingerprint density at radius 3 is 2.30 bits per heavy atom. The summed E-state index contributed by atoms with van der Waals surface area (Å²) in [6.07, 6.45) is -1.68. The minimum absolute atomic E-state index is 0. The van der Waals surface area contributed by atoms with E-state index in [0.717, 1.165) is 5.56 Å². The number of carboxylic acids is 1. The summed E-state index contributed by atoms with van der Waals surface area (Å²) in [5.74, 6) is -2.22. The topological polar surface area (TPSA) is 136 Å². The maximum atomic E-state index is 11.6. The fourth-order valence-corrected chi connectivity index (χ4v) is 1.85. The molecule has 23 heavy (non-hydrogen) atoms. The van der Waals surface area contributed by atoms with Crippen LogP contribution in [0.1, 0.15) is 10.4 Å². The van der Waals surface area contributed by atoms with E-state index in [1.165, 1.54) is 18.2 Å². The molecule has 0 aliphatic carbocycles. The van der Waals surface area contributed by atoms with Crippen LogP contribution in [0.15, 0.2) is 48.5 Å². The summed E-state index contributed by atoms with van der Waals surface area (Å²) in [4.78, 5) is 22.7. The van der Waals surface area contributed by atoms with Gasteiger partial charge in [-0.3, -0.25) is 0 Å². The number of esters is 1. The van der Waals surface area contributed by atoms with E-state index in [2.05, 4.69) is 0 Å². The molecular formula is C16H16O7. The molecule has 0 aromatic heterocycles. The molecule has 0 aliphatic rings. The first kappa shape index (κ1) is 18.3. The van der Waals surface area contributed by atoms with Crippen LogP contribution in [0.25, 0.3) is 11.1 Å². The highest BCUT2D eigenvalue weighted by atomic mass is 16.6. The zero-order valence-electron chi connectivity index (χ0n) is 12.0. The van der Waals surface area contributed by atoms with E-state index in [-0.39, 0.29) is 16.8 Å². The molecule has 2 aromatic rings. The van der Waals surface area contributed by atoms with Crippen molar-refractivity contribution >= 4 is 11.9 Å². The predicted octanol–water partition coefficient (Wildman–Crippen LogP) is 0.486. The van der Waals surface area contributed by atoms with Gasteiger partial charge in [-0.05, 0) is 23.8 Å². The minimum atomic E-state index is -1.68. The van der Waals surface area contributed by atoms with Crippen molar-refractivity contribution in [2.24, 2.45) is 0 Å². The number of carboxylic acid groups (broad SMARTS) is 1. The van der Waals surface area contributed by atoms with Gasteiger partial charge in [0.05, 0.1) is 12.2 Å². The quantitative estimate of drug-likeness (QED) is 0.542. The van der Waals surface area contributed by atoms with Gasteiger partial charge in [0, 0.05) is 5.56 Å². The van der Waals surface area contributed by atoms with E-state index >= 15 is 0 Å². The Morgan fingerprint density at radius 1 is 1.09 bits per heavy atom. The molecule has 0 amide bonds. The van der Waals surface area contributed by atoms with E-state index in [9.17, 15) is 14.7 Å². The van der Waals surface area contributed by atoms with Crippen molar-refractivity contribution in [3.8, 4) is 16.9 Å². The number of aromatic carboxylic acids is 1. The number of aliphatic hydroxyl groups is 2. The maximum Gasteiger partial charge on any atom is 0.342 e. The van der Waals surface area contributed by atoms with E-state index in [0.29, 0.717) is 5.56 Å². The number of carbonyl (C=O) groups is 2. The third kappa shape index (κ3) is 4.36. The second-order valence-electron chi connectivity index (χ2n) is 4.50. The lowest BCUT2D eigenvalue weighted by Gasteiger charge is -2.13. The number of ether oxygens (including phenoxy) is 1. The van der Waals surface area contributed by atoms with E-state index in [1.54, 1.807) is 24.3 Å². The number of rotatable bonds is 5. The van der Waals surface area contributed by atoms with Crippen molar-refractivity contribution in [2.75, 3.05) is 6.61 Å². The molecule has 0 spiro atoms. The number of hydrogen-bond acceptors (Lipinski definition) is 5. The lowest BCUT2D eigenvalue weighted by atomic mass is 10.0. The van der Waals surface area contributed by atoms with Crippen molar-refractivity contribution in [3.05, 3.63) is 54.1 Å². The highest BCUT2D eigenvalue weighted by Gasteiger charge is 2.19. The summed E-state index contributed by atoms with van der Waals surface area (Å²) in [6.45, 7) is -0.780. The number of carbonyl (C=O) groups excluding carboxylic acids is 1. The molecule has 0 heterocycles. The Labute approximate surface area is 131 Å². The highest BCUT2D eigenvalue weighted by molar-refractivity contribution is 5.90. The molecular weight excluding hydrogens is 304 g/mol. The summed E-state index contributed by atoms with van der Waals surface area (Å²) < 4.78 is 5.03.